The monoisotopic (exact) mass is 478 g/mol. The van der Waals surface area contributed by atoms with E-state index in [0.717, 1.165) is 22.2 Å². The highest BCUT2D eigenvalue weighted by atomic mass is 16.5. The molecule has 0 radical (unpaired) electrons. The molecule has 1 saturated heterocycles. The molecule has 1 aliphatic heterocycles. The van der Waals surface area contributed by atoms with Gasteiger partial charge in [-0.2, -0.15) is 0 Å². The molecule has 3 aromatic heterocycles. The number of nitrogens with two attached hydrogens (primary N) is 1. The van der Waals surface area contributed by atoms with Gasteiger partial charge < -0.3 is 20.4 Å². The molecule has 178 valence electrons. The van der Waals surface area contributed by atoms with E-state index in [1.165, 1.54) is 17.0 Å². The van der Waals surface area contributed by atoms with Crippen LogP contribution in [-0.4, -0.2) is 38.2 Å². The van der Waals surface area contributed by atoms with E-state index in [2.05, 4.69) is 19.9 Å². The van der Waals surface area contributed by atoms with Crippen LogP contribution in [0.5, 0.6) is 0 Å². The minimum absolute atomic E-state index is 0.0566. The number of rotatable bonds is 5. The highest BCUT2D eigenvalue weighted by Gasteiger charge is 2.25. The molecule has 4 heterocycles. The number of fused-ring (bicyclic) bond motifs is 1. The van der Waals surface area contributed by atoms with E-state index in [-0.39, 0.29) is 17.2 Å². The van der Waals surface area contributed by atoms with Gasteiger partial charge in [0, 0.05) is 29.3 Å². The van der Waals surface area contributed by atoms with Crippen molar-refractivity contribution in [3.63, 3.8) is 0 Å². The van der Waals surface area contributed by atoms with Crippen molar-refractivity contribution in [1.82, 2.24) is 19.1 Å². The van der Waals surface area contributed by atoms with Crippen LogP contribution in [-0.2, 0) is 4.74 Å². The van der Waals surface area contributed by atoms with Crippen molar-refractivity contribution in [3.8, 4) is 16.8 Å². The van der Waals surface area contributed by atoms with E-state index in [1.54, 1.807) is 24.4 Å². The van der Waals surface area contributed by atoms with Gasteiger partial charge in [0.15, 0.2) is 0 Å². The quantitative estimate of drug-likeness (QED) is 0.398. The molecule has 5 aromatic rings. The van der Waals surface area contributed by atoms with Crippen LogP contribution in [0, 0.1) is 0 Å². The van der Waals surface area contributed by atoms with Crippen LogP contribution in [0.2, 0.25) is 0 Å². The SMILES string of the molecule is Nc1ncnc2c1c(-c1ccc(NC(=O)c3cccn(-c4ccccc4)c3=O)cc1)cn2C1COC1. The third-order valence-electron chi connectivity index (χ3n) is 6.33. The third kappa shape index (κ3) is 3.71. The summed E-state index contributed by atoms with van der Waals surface area (Å²) in [5.41, 5.74) is 9.72. The zero-order valence-electron chi connectivity index (χ0n) is 19.2. The predicted octanol–water partition coefficient (Wildman–Crippen LogP) is 3.66. The maximum absolute atomic E-state index is 13.0. The van der Waals surface area contributed by atoms with Crippen molar-refractivity contribution in [2.45, 2.75) is 6.04 Å². The Morgan fingerprint density at radius 3 is 2.50 bits per heavy atom. The van der Waals surface area contributed by atoms with Gasteiger partial charge in [-0.3, -0.25) is 14.2 Å². The Kier molecular flexibility index (Phi) is 5.31. The smallest absolute Gasteiger partial charge is 0.267 e. The van der Waals surface area contributed by atoms with Crippen LogP contribution >= 0.6 is 0 Å². The second-order valence-corrected chi connectivity index (χ2v) is 8.56. The van der Waals surface area contributed by atoms with Gasteiger partial charge in [0.2, 0.25) is 0 Å². The molecule has 36 heavy (non-hydrogen) atoms. The van der Waals surface area contributed by atoms with Crippen molar-refractivity contribution >= 4 is 28.4 Å². The largest absolute Gasteiger partial charge is 0.383 e. The summed E-state index contributed by atoms with van der Waals surface area (Å²) in [5, 5.41) is 3.61. The summed E-state index contributed by atoms with van der Waals surface area (Å²) >= 11 is 0. The molecule has 1 amide bonds. The Balaban J connectivity index is 1.28. The summed E-state index contributed by atoms with van der Waals surface area (Å²) in [6.07, 6.45) is 5.13. The van der Waals surface area contributed by atoms with Gasteiger partial charge in [-0.15, -0.1) is 0 Å². The molecule has 0 atom stereocenters. The average Bonchev–Trinajstić information content (AvgIpc) is 3.24. The van der Waals surface area contributed by atoms with Gasteiger partial charge in [0.1, 0.15) is 23.4 Å². The number of aromatic nitrogens is 4. The predicted molar refractivity (Wildman–Crippen MR) is 137 cm³/mol. The van der Waals surface area contributed by atoms with Gasteiger partial charge in [-0.25, -0.2) is 9.97 Å². The van der Waals surface area contributed by atoms with Crippen LogP contribution in [0.15, 0.2) is 90.2 Å². The van der Waals surface area contributed by atoms with E-state index in [1.807, 2.05) is 48.7 Å². The Morgan fingerprint density at radius 1 is 1.00 bits per heavy atom. The van der Waals surface area contributed by atoms with Crippen LogP contribution in [0.1, 0.15) is 16.4 Å². The second-order valence-electron chi connectivity index (χ2n) is 8.56. The number of nitrogen functional groups attached to an aromatic ring is 1. The van der Waals surface area contributed by atoms with E-state index in [9.17, 15) is 9.59 Å². The van der Waals surface area contributed by atoms with Crippen LogP contribution in [0.25, 0.3) is 27.8 Å². The summed E-state index contributed by atoms with van der Waals surface area (Å²) in [6, 6.07) is 20.0. The minimum Gasteiger partial charge on any atom is -0.383 e. The fourth-order valence-electron chi connectivity index (χ4n) is 4.38. The van der Waals surface area contributed by atoms with Crippen molar-refractivity contribution in [2.24, 2.45) is 0 Å². The number of hydrogen-bond donors (Lipinski definition) is 2. The van der Waals surface area contributed by atoms with Crippen molar-refractivity contribution in [1.29, 1.82) is 0 Å². The number of para-hydroxylation sites is 1. The van der Waals surface area contributed by atoms with E-state index >= 15 is 0 Å². The summed E-state index contributed by atoms with van der Waals surface area (Å²) in [5.74, 6) is -0.0672. The maximum atomic E-state index is 13.0. The molecule has 9 nitrogen and oxygen atoms in total. The number of pyridine rings is 1. The number of benzene rings is 2. The van der Waals surface area contributed by atoms with Gasteiger partial charge in [0.05, 0.1) is 24.6 Å². The Bertz CT molecular complexity index is 1640. The molecule has 0 spiro atoms. The summed E-state index contributed by atoms with van der Waals surface area (Å²) in [4.78, 5) is 34.5. The first-order chi connectivity index (χ1) is 17.6. The topological polar surface area (TPSA) is 117 Å². The zero-order chi connectivity index (χ0) is 24.6. The lowest BCUT2D eigenvalue weighted by atomic mass is 10.1. The van der Waals surface area contributed by atoms with Gasteiger partial charge in [0.25, 0.3) is 11.5 Å². The molecule has 0 bridgehead atoms. The number of nitrogens with zero attached hydrogens (tertiary/aromatic N) is 4. The van der Waals surface area contributed by atoms with Crippen molar-refractivity contribution in [3.05, 3.63) is 101 Å². The minimum atomic E-state index is -0.475. The van der Waals surface area contributed by atoms with Crippen molar-refractivity contribution < 1.29 is 9.53 Å². The number of carbonyl (C=O) groups excluding carboxylic acids is 1. The lowest BCUT2D eigenvalue weighted by molar-refractivity contribution is -0.0215. The summed E-state index contributed by atoms with van der Waals surface area (Å²) in [6.45, 7) is 1.26. The Morgan fingerprint density at radius 2 is 1.78 bits per heavy atom. The van der Waals surface area contributed by atoms with Crippen LogP contribution in [0.3, 0.4) is 0 Å². The fraction of sp³-hybridized carbons (Fsp3) is 0.111. The standard InChI is InChI=1S/C27H22N6O3/c28-24-23-22(13-33(20-14-36-15-20)25(23)30-16-29-24)17-8-10-18(11-9-17)31-26(34)21-7-4-12-32(27(21)35)19-5-2-1-3-6-19/h1-13,16,20H,14-15H2,(H,31,34)(H2,28,29,30). The molecular formula is C27H22N6O3. The molecule has 1 fully saturated rings. The molecule has 0 saturated carbocycles. The molecule has 2 aromatic carbocycles. The molecule has 6 rings (SSSR count). The summed E-state index contributed by atoms with van der Waals surface area (Å²) < 4.78 is 8.88. The first-order valence-corrected chi connectivity index (χ1v) is 11.5. The van der Waals surface area contributed by atoms with E-state index in [4.69, 9.17) is 10.5 Å². The van der Waals surface area contributed by atoms with Crippen LogP contribution < -0.4 is 16.6 Å². The highest BCUT2D eigenvalue weighted by Crippen LogP contribution is 2.36. The maximum Gasteiger partial charge on any atom is 0.267 e. The number of hydrogen-bond acceptors (Lipinski definition) is 6. The Labute approximate surface area is 205 Å². The Hall–Kier alpha value is -4.76. The van der Waals surface area contributed by atoms with E-state index < -0.39 is 5.91 Å². The lowest BCUT2D eigenvalue weighted by Crippen LogP contribution is -2.30. The number of carbonyl (C=O) groups is 1. The molecule has 1 aliphatic rings. The van der Waals surface area contributed by atoms with Gasteiger partial charge in [-0.05, 0) is 42.0 Å². The third-order valence-corrected chi connectivity index (χ3v) is 6.33. The number of nitrogens with one attached hydrogen (secondary N) is 1. The van der Waals surface area contributed by atoms with Crippen LogP contribution in [0.4, 0.5) is 11.5 Å². The van der Waals surface area contributed by atoms with Gasteiger partial charge >= 0.3 is 0 Å². The fourth-order valence-corrected chi connectivity index (χ4v) is 4.38. The van der Waals surface area contributed by atoms with Crippen molar-refractivity contribution in [2.75, 3.05) is 24.3 Å². The second kappa shape index (κ2) is 8.79. The summed E-state index contributed by atoms with van der Waals surface area (Å²) in [7, 11) is 0. The number of amides is 1. The zero-order valence-corrected chi connectivity index (χ0v) is 19.2. The molecule has 3 N–H and O–H groups in total. The molecular weight excluding hydrogens is 456 g/mol. The van der Waals surface area contributed by atoms with E-state index in [0.29, 0.717) is 30.4 Å². The van der Waals surface area contributed by atoms with Gasteiger partial charge in [-0.1, -0.05) is 30.3 Å². The normalized spacial score (nSPS) is 13.4. The molecule has 9 heteroatoms. The number of anilines is 2. The average molecular weight is 479 g/mol. The first-order valence-electron chi connectivity index (χ1n) is 11.5. The number of ether oxygens (including phenoxy) is 1. The lowest BCUT2D eigenvalue weighted by Gasteiger charge is -2.27. The highest BCUT2D eigenvalue weighted by molar-refractivity contribution is 6.04. The first kappa shape index (κ1) is 21.8. The molecule has 0 aliphatic carbocycles. The molecule has 0 unspecified atom stereocenters.